The quantitative estimate of drug-likeness (QED) is 0.600. The number of hydrogen-bond donors (Lipinski definition) is 2. The van der Waals surface area contributed by atoms with Crippen molar-refractivity contribution >= 4 is 0 Å². The lowest BCUT2D eigenvalue weighted by atomic mass is 9.46. The highest BCUT2D eigenvalue weighted by Gasteiger charge is 2.56. The van der Waals surface area contributed by atoms with Crippen molar-refractivity contribution in [3.8, 4) is 0 Å². The van der Waals surface area contributed by atoms with Gasteiger partial charge in [0.25, 0.3) is 0 Å². The lowest BCUT2D eigenvalue weighted by Gasteiger charge is -2.59. The standard InChI is InChI=1S/C26H46O2/c1-16(2)25(28)12-5-17(3)20-8-9-22-21(20)10-11-24-23(22)7-6-18-15-19(27)13-14-26(18,24)4/h16-25,27-28H,5-15H2,1-4H3/t17-,18?,19?,20?,21?,22?,23?,24?,25?,26?/m1/s1. The highest BCUT2D eigenvalue weighted by atomic mass is 16.3. The Morgan fingerprint density at radius 1 is 0.857 bits per heavy atom. The molecule has 2 heteroatoms. The van der Waals surface area contributed by atoms with Crippen LogP contribution in [0.3, 0.4) is 0 Å². The highest BCUT2D eigenvalue weighted by molar-refractivity contribution is 5.06. The molecule has 0 bridgehead atoms. The summed E-state index contributed by atoms with van der Waals surface area (Å²) in [6, 6.07) is 0. The van der Waals surface area contributed by atoms with Gasteiger partial charge >= 0.3 is 0 Å². The first-order valence-electron chi connectivity index (χ1n) is 12.7. The van der Waals surface area contributed by atoms with Crippen molar-refractivity contribution in [1.82, 2.24) is 0 Å². The van der Waals surface area contributed by atoms with Crippen molar-refractivity contribution in [1.29, 1.82) is 0 Å². The van der Waals surface area contributed by atoms with E-state index >= 15 is 0 Å². The number of fused-ring (bicyclic) bond motifs is 5. The fourth-order valence-corrected chi connectivity index (χ4v) is 8.62. The molecule has 4 aliphatic rings. The summed E-state index contributed by atoms with van der Waals surface area (Å²) in [6.07, 6.45) is 14.1. The van der Waals surface area contributed by atoms with E-state index in [1.165, 1.54) is 51.4 Å². The van der Waals surface area contributed by atoms with E-state index in [0.29, 0.717) is 11.3 Å². The third kappa shape index (κ3) is 3.70. The third-order valence-corrected chi connectivity index (χ3v) is 10.4. The number of rotatable bonds is 5. The summed E-state index contributed by atoms with van der Waals surface area (Å²) in [6.45, 7) is 9.36. The largest absolute Gasteiger partial charge is 0.393 e. The third-order valence-electron chi connectivity index (χ3n) is 10.4. The monoisotopic (exact) mass is 390 g/mol. The highest BCUT2D eigenvalue weighted by Crippen LogP contribution is 2.64. The molecule has 0 amide bonds. The van der Waals surface area contributed by atoms with E-state index in [1.54, 1.807) is 0 Å². The van der Waals surface area contributed by atoms with E-state index in [2.05, 4.69) is 27.7 Å². The van der Waals surface area contributed by atoms with E-state index in [0.717, 1.165) is 60.7 Å². The molecule has 4 rings (SSSR count). The van der Waals surface area contributed by atoms with Crippen molar-refractivity contribution in [2.45, 2.75) is 111 Å². The Labute approximate surface area is 173 Å². The Kier molecular flexibility index (Phi) is 6.21. The average molecular weight is 391 g/mol. The second-order valence-electron chi connectivity index (χ2n) is 12.0. The molecule has 0 aromatic heterocycles. The molecular weight excluding hydrogens is 344 g/mol. The summed E-state index contributed by atoms with van der Waals surface area (Å²) in [5, 5.41) is 20.5. The zero-order valence-corrected chi connectivity index (χ0v) is 18.9. The molecule has 0 aliphatic heterocycles. The summed E-state index contributed by atoms with van der Waals surface area (Å²) in [5.74, 6) is 6.69. The van der Waals surface area contributed by atoms with Gasteiger partial charge in [-0.15, -0.1) is 0 Å². The van der Waals surface area contributed by atoms with Crippen LogP contribution < -0.4 is 0 Å². The van der Waals surface area contributed by atoms with Crippen LogP contribution in [0.1, 0.15) is 98.3 Å². The molecule has 0 saturated heterocycles. The van der Waals surface area contributed by atoms with Gasteiger partial charge in [-0.2, -0.15) is 0 Å². The molecule has 0 aromatic rings. The molecule has 4 fully saturated rings. The lowest BCUT2D eigenvalue weighted by Crippen LogP contribution is -2.52. The number of hydrogen-bond acceptors (Lipinski definition) is 2. The summed E-state index contributed by atoms with van der Waals surface area (Å²) >= 11 is 0. The molecule has 0 radical (unpaired) electrons. The maximum atomic E-state index is 10.2. The molecule has 2 nitrogen and oxygen atoms in total. The predicted molar refractivity (Wildman–Crippen MR) is 116 cm³/mol. The van der Waals surface area contributed by atoms with Crippen LogP contribution in [0.5, 0.6) is 0 Å². The van der Waals surface area contributed by atoms with Crippen LogP contribution in [-0.4, -0.2) is 22.4 Å². The van der Waals surface area contributed by atoms with Gasteiger partial charge in [0.2, 0.25) is 0 Å². The van der Waals surface area contributed by atoms with Crippen molar-refractivity contribution in [3.05, 3.63) is 0 Å². The van der Waals surface area contributed by atoms with Crippen molar-refractivity contribution < 1.29 is 10.2 Å². The van der Waals surface area contributed by atoms with Crippen LogP contribution in [0.25, 0.3) is 0 Å². The zero-order valence-electron chi connectivity index (χ0n) is 18.9. The van der Waals surface area contributed by atoms with Gasteiger partial charge in [0.15, 0.2) is 0 Å². The minimum absolute atomic E-state index is 0.0242. The van der Waals surface area contributed by atoms with Gasteiger partial charge in [-0.1, -0.05) is 27.7 Å². The van der Waals surface area contributed by atoms with Gasteiger partial charge in [-0.05, 0) is 123 Å². The molecule has 28 heavy (non-hydrogen) atoms. The Balaban J connectivity index is 1.40. The normalized spacial score (nSPS) is 47.9. The van der Waals surface area contributed by atoms with Gasteiger partial charge < -0.3 is 10.2 Å². The molecule has 0 spiro atoms. The smallest absolute Gasteiger partial charge is 0.0563 e. The molecule has 162 valence electrons. The average Bonchev–Trinajstić information content (AvgIpc) is 3.10. The Bertz CT molecular complexity index is 531. The SMILES string of the molecule is CC(C)C(O)CC[C@@H](C)C1CCC2C1CCC1C2CCC2CC(O)CCC21C. The van der Waals surface area contributed by atoms with Crippen molar-refractivity contribution in [2.24, 2.45) is 52.8 Å². The topological polar surface area (TPSA) is 40.5 Å². The number of aliphatic hydroxyl groups is 2. The van der Waals surface area contributed by atoms with Crippen LogP contribution in [0.4, 0.5) is 0 Å². The molecule has 9 unspecified atom stereocenters. The van der Waals surface area contributed by atoms with Gasteiger partial charge in [-0.3, -0.25) is 0 Å². The molecular formula is C26H46O2. The number of aliphatic hydroxyl groups excluding tert-OH is 2. The van der Waals surface area contributed by atoms with E-state index in [4.69, 9.17) is 0 Å². The van der Waals surface area contributed by atoms with Crippen molar-refractivity contribution in [2.75, 3.05) is 0 Å². The zero-order chi connectivity index (χ0) is 20.1. The summed E-state index contributed by atoms with van der Waals surface area (Å²) in [4.78, 5) is 0. The Hall–Kier alpha value is -0.0800. The van der Waals surface area contributed by atoms with Crippen molar-refractivity contribution in [3.63, 3.8) is 0 Å². The lowest BCUT2D eigenvalue weighted by molar-refractivity contribution is -0.109. The second-order valence-corrected chi connectivity index (χ2v) is 12.0. The Morgan fingerprint density at radius 3 is 2.32 bits per heavy atom. The molecule has 10 atom stereocenters. The summed E-state index contributed by atoms with van der Waals surface area (Å²) in [5.41, 5.74) is 0.512. The van der Waals surface area contributed by atoms with Gasteiger partial charge in [0, 0.05) is 0 Å². The van der Waals surface area contributed by atoms with Gasteiger partial charge in [0.05, 0.1) is 12.2 Å². The minimum Gasteiger partial charge on any atom is -0.393 e. The molecule has 4 saturated carbocycles. The maximum Gasteiger partial charge on any atom is 0.0563 e. The second kappa shape index (κ2) is 8.22. The van der Waals surface area contributed by atoms with Gasteiger partial charge in [0.1, 0.15) is 0 Å². The van der Waals surface area contributed by atoms with Gasteiger partial charge in [-0.25, -0.2) is 0 Å². The van der Waals surface area contributed by atoms with Crippen LogP contribution in [0.2, 0.25) is 0 Å². The molecule has 0 heterocycles. The van der Waals surface area contributed by atoms with E-state index in [-0.39, 0.29) is 12.2 Å². The first-order valence-corrected chi connectivity index (χ1v) is 12.7. The molecule has 4 aliphatic carbocycles. The fourth-order valence-electron chi connectivity index (χ4n) is 8.62. The van der Waals surface area contributed by atoms with Crippen LogP contribution in [0, 0.1) is 52.8 Å². The van der Waals surface area contributed by atoms with Crippen LogP contribution >= 0.6 is 0 Å². The summed E-state index contributed by atoms with van der Waals surface area (Å²) < 4.78 is 0. The van der Waals surface area contributed by atoms with E-state index in [1.807, 2.05) is 0 Å². The van der Waals surface area contributed by atoms with Crippen LogP contribution in [0.15, 0.2) is 0 Å². The first kappa shape index (κ1) is 21.2. The predicted octanol–water partition coefficient (Wildman–Crippen LogP) is 6.05. The molecule has 0 aromatic carbocycles. The summed E-state index contributed by atoms with van der Waals surface area (Å²) in [7, 11) is 0. The fraction of sp³-hybridized carbons (Fsp3) is 1.00. The van der Waals surface area contributed by atoms with E-state index < -0.39 is 0 Å². The molecule has 2 N–H and O–H groups in total. The Morgan fingerprint density at radius 2 is 1.57 bits per heavy atom. The van der Waals surface area contributed by atoms with Crippen LogP contribution in [-0.2, 0) is 0 Å². The minimum atomic E-state index is -0.118. The first-order chi connectivity index (χ1) is 13.3. The van der Waals surface area contributed by atoms with E-state index in [9.17, 15) is 10.2 Å². The maximum absolute atomic E-state index is 10.2.